The minimum atomic E-state index is -0.270. The van der Waals surface area contributed by atoms with Crippen LogP contribution in [0.5, 0.6) is 11.5 Å². The van der Waals surface area contributed by atoms with E-state index in [1.165, 1.54) is 43.2 Å². The second kappa shape index (κ2) is 8.57. The van der Waals surface area contributed by atoms with Crippen molar-refractivity contribution in [1.29, 1.82) is 0 Å². The van der Waals surface area contributed by atoms with E-state index in [-0.39, 0.29) is 17.4 Å². The van der Waals surface area contributed by atoms with Crippen LogP contribution >= 0.6 is 23.1 Å². The number of benzene rings is 1. The van der Waals surface area contributed by atoms with Gasteiger partial charge in [0.2, 0.25) is 5.13 Å². The van der Waals surface area contributed by atoms with E-state index in [1.807, 2.05) is 6.92 Å². The highest BCUT2D eigenvalue weighted by molar-refractivity contribution is 8.18. The summed E-state index contributed by atoms with van der Waals surface area (Å²) >= 11 is 2.42. The standard InChI is InChI=1S/C19H19N3O4S2/c1-4-5-12-16(10(2)23)28-18(20-12)22-19-21-17(25)15(27-19)9-11-6-7-13(24)14(8-11)26-3/h6-9,24H,4-5H2,1-3H3,(H,20,21,22,25)/b15-9-. The molecular weight excluding hydrogens is 398 g/mol. The minimum Gasteiger partial charge on any atom is -0.504 e. The van der Waals surface area contributed by atoms with Crippen LogP contribution in [0.25, 0.3) is 6.08 Å². The fraction of sp³-hybridized carbons (Fsp3) is 0.263. The van der Waals surface area contributed by atoms with Crippen molar-refractivity contribution in [3.63, 3.8) is 0 Å². The molecule has 7 nitrogen and oxygen atoms in total. The number of thioether (sulfide) groups is 1. The van der Waals surface area contributed by atoms with Gasteiger partial charge in [-0.1, -0.05) is 30.7 Å². The number of phenols is 1. The van der Waals surface area contributed by atoms with Crippen LogP contribution in [-0.4, -0.2) is 34.1 Å². The van der Waals surface area contributed by atoms with Gasteiger partial charge in [-0.2, -0.15) is 4.99 Å². The lowest BCUT2D eigenvalue weighted by molar-refractivity contribution is -0.115. The third kappa shape index (κ3) is 4.42. The van der Waals surface area contributed by atoms with E-state index in [0.717, 1.165) is 12.1 Å². The lowest BCUT2D eigenvalue weighted by Gasteiger charge is -2.03. The maximum absolute atomic E-state index is 12.3. The molecule has 2 N–H and O–H groups in total. The molecule has 28 heavy (non-hydrogen) atoms. The highest BCUT2D eigenvalue weighted by atomic mass is 32.2. The molecule has 146 valence electrons. The average molecular weight is 418 g/mol. The summed E-state index contributed by atoms with van der Waals surface area (Å²) in [6.45, 7) is 3.54. The van der Waals surface area contributed by atoms with Crippen molar-refractivity contribution in [1.82, 2.24) is 10.3 Å². The summed E-state index contributed by atoms with van der Waals surface area (Å²) in [4.78, 5) is 33.9. The van der Waals surface area contributed by atoms with Gasteiger partial charge in [0, 0.05) is 6.92 Å². The summed E-state index contributed by atoms with van der Waals surface area (Å²) in [5.41, 5.74) is 1.47. The number of nitrogens with zero attached hydrogens (tertiary/aromatic N) is 2. The van der Waals surface area contributed by atoms with Crippen LogP contribution in [-0.2, 0) is 11.2 Å². The fourth-order valence-electron chi connectivity index (χ4n) is 2.57. The highest BCUT2D eigenvalue weighted by Crippen LogP contribution is 2.33. The zero-order chi connectivity index (χ0) is 20.3. The number of thiazole rings is 1. The Hall–Kier alpha value is -2.65. The van der Waals surface area contributed by atoms with Gasteiger partial charge in [0.1, 0.15) is 0 Å². The zero-order valence-electron chi connectivity index (χ0n) is 15.6. The second-order valence-corrected chi connectivity index (χ2v) is 8.00. The summed E-state index contributed by atoms with van der Waals surface area (Å²) in [7, 11) is 1.46. The first-order valence-corrected chi connectivity index (χ1v) is 10.2. The molecule has 0 aliphatic carbocycles. The molecule has 1 aromatic heterocycles. The monoisotopic (exact) mass is 417 g/mol. The van der Waals surface area contributed by atoms with E-state index in [1.54, 1.807) is 18.2 Å². The molecule has 9 heteroatoms. The number of hydrogen-bond donors (Lipinski definition) is 2. The first kappa shape index (κ1) is 20.1. The largest absolute Gasteiger partial charge is 0.504 e. The van der Waals surface area contributed by atoms with Crippen LogP contribution in [0.2, 0.25) is 0 Å². The molecule has 1 aliphatic heterocycles. The van der Waals surface area contributed by atoms with Gasteiger partial charge in [-0.25, -0.2) is 4.98 Å². The smallest absolute Gasteiger partial charge is 0.264 e. The number of hydrogen-bond acceptors (Lipinski definition) is 8. The third-order valence-electron chi connectivity index (χ3n) is 3.84. The Morgan fingerprint density at radius 1 is 1.43 bits per heavy atom. The Balaban J connectivity index is 1.84. The summed E-state index contributed by atoms with van der Waals surface area (Å²) in [6, 6.07) is 4.83. The maximum Gasteiger partial charge on any atom is 0.264 e. The first-order chi connectivity index (χ1) is 13.4. The third-order valence-corrected chi connectivity index (χ3v) is 5.84. The Morgan fingerprint density at radius 2 is 2.21 bits per heavy atom. The molecule has 2 aromatic rings. The van der Waals surface area contributed by atoms with Crippen molar-refractivity contribution >= 4 is 51.2 Å². The minimum absolute atomic E-state index is 0.0302. The number of methoxy groups -OCH3 is 1. The summed E-state index contributed by atoms with van der Waals surface area (Å²) in [6.07, 6.45) is 3.29. The molecule has 1 aliphatic rings. The number of ketones is 1. The lowest BCUT2D eigenvalue weighted by atomic mass is 10.2. The quantitative estimate of drug-likeness (QED) is 0.546. The van der Waals surface area contributed by atoms with Gasteiger partial charge in [0.25, 0.3) is 5.91 Å². The van der Waals surface area contributed by atoms with Crippen molar-refractivity contribution in [2.45, 2.75) is 26.7 Å². The molecule has 0 radical (unpaired) electrons. The number of amidine groups is 1. The van der Waals surface area contributed by atoms with Crippen LogP contribution in [0.4, 0.5) is 5.13 Å². The highest BCUT2D eigenvalue weighted by Gasteiger charge is 2.25. The summed E-state index contributed by atoms with van der Waals surface area (Å²) in [5, 5.41) is 13.2. The number of rotatable bonds is 6. The van der Waals surface area contributed by atoms with Gasteiger partial charge in [0.15, 0.2) is 22.4 Å². The van der Waals surface area contributed by atoms with Crippen LogP contribution in [0, 0.1) is 0 Å². The Kier molecular flexibility index (Phi) is 6.15. The molecule has 2 heterocycles. The molecule has 0 saturated carbocycles. The number of aliphatic imine (C=N–C) groups is 1. The molecule has 1 amide bonds. The van der Waals surface area contributed by atoms with Gasteiger partial charge >= 0.3 is 0 Å². The molecular formula is C19H19N3O4S2. The number of nitrogens with one attached hydrogen (secondary N) is 1. The Morgan fingerprint density at radius 3 is 2.89 bits per heavy atom. The average Bonchev–Trinajstić information content (AvgIpc) is 3.20. The van der Waals surface area contributed by atoms with E-state index in [4.69, 9.17) is 4.74 Å². The SMILES string of the molecule is CCCc1nc(N=C2NC(=O)/C(=C/c3ccc(O)c(OC)c3)S2)sc1C(C)=O. The Bertz CT molecular complexity index is 995. The topological polar surface area (TPSA) is 101 Å². The molecule has 0 unspecified atom stereocenters. The molecule has 0 atom stereocenters. The fourth-order valence-corrected chi connectivity index (χ4v) is 4.34. The van der Waals surface area contributed by atoms with Crippen molar-refractivity contribution in [3.05, 3.63) is 39.2 Å². The van der Waals surface area contributed by atoms with Crippen molar-refractivity contribution in [3.8, 4) is 11.5 Å². The second-order valence-electron chi connectivity index (χ2n) is 5.99. The number of phenolic OH excluding ortho intramolecular Hbond substituents is 1. The lowest BCUT2D eigenvalue weighted by Crippen LogP contribution is -2.19. The van der Waals surface area contributed by atoms with E-state index < -0.39 is 0 Å². The molecule has 0 spiro atoms. The summed E-state index contributed by atoms with van der Waals surface area (Å²) in [5.74, 6) is 0.0586. The number of ether oxygens (including phenoxy) is 1. The number of carbonyl (C=O) groups is 2. The number of aromatic hydroxyl groups is 1. The van der Waals surface area contributed by atoms with Crippen LogP contribution in [0.1, 0.15) is 41.2 Å². The van der Waals surface area contributed by atoms with Gasteiger partial charge < -0.3 is 15.2 Å². The summed E-state index contributed by atoms with van der Waals surface area (Å²) < 4.78 is 5.08. The molecule has 3 rings (SSSR count). The van der Waals surface area contributed by atoms with E-state index in [0.29, 0.717) is 37.8 Å². The number of amides is 1. The molecule has 1 aromatic carbocycles. The van der Waals surface area contributed by atoms with Crippen molar-refractivity contribution < 1.29 is 19.4 Å². The number of Topliss-reactive ketones (excluding diaryl/α,β-unsaturated/α-hetero) is 1. The predicted molar refractivity (Wildman–Crippen MR) is 112 cm³/mol. The van der Waals surface area contributed by atoms with Crippen molar-refractivity contribution in [2.75, 3.05) is 7.11 Å². The first-order valence-electron chi connectivity index (χ1n) is 8.58. The predicted octanol–water partition coefficient (Wildman–Crippen LogP) is 3.90. The van der Waals surface area contributed by atoms with Crippen LogP contribution in [0.15, 0.2) is 28.1 Å². The molecule has 1 saturated heterocycles. The number of aryl methyl sites for hydroxylation is 1. The van der Waals surface area contributed by atoms with Gasteiger partial charge in [-0.05, 0) is 42.0 Å². The molecule has 1 fully saturated rings. The van der Waals surface area contributed by atoms with Gasteiger partial charge in [-0.3, -0.25) is 9.59 Å². The van der Waals surface area contributed by atoms with Crippen molar-refractivity contribution in [2.24, 2.45) is 4.99 Å². The number of aromatic nitrogens is 1. The van der Waals surface area contributed by atoms with E-state index in [2.05, 4.69) is 15.3 Å². The Labute approximate surface area is 170 Å². The zero-order valence-corrected chi connectivity index (χ0v) is 17.2. The van der Waals surface area contributed by atoms with Crippen LogP contribution in [0.3, 0.4) is 0 Å². The van der Waals surface area contributed by atoms with E-state index >= 15 is 0 Å². The van der Waals surface area contributed by atoms with Gasteiger partial charge in [-0.15, -0.1) is 0 Å². The normalized spacial score (nSPS) is 16.6. The molecule has 0 bridgehead atoms. The van der Waals surface area contributed by atoms with Crippen LogP contribution < -0.4 is 10.1 Å². The van der Waals surface area contributed by atoms with E-state index in [9.17, 15) is 14.7 Å². The number of carbonyl (C=O) groups excluding carboxylic acids is 2. The van der Waals surface area contributed by atoms with Gasteiger partial charge in [0.05, 0.1) is 22.6 Å². The maximum atomic E-state index is 12.3.